The van der Waals surface area contributed by atoms with E-state index in [0.717, 1.165) is 0 Å². The van der Waals surface area contributed by atoms with Crippen LogP contribution in [0.4, 0.5) is 0 Å². The summed E-state index contributed by atoms with van der Waals surface area (Å²) in [6, 6.07) is 7.31. The van der Waals surface area contributed by atoms with Crippen molar-refractivity contribution in [3.8, 4) is 11.5 Å². The van der Waals surface area contributed by atoms with Crippen molar-refractivity contribution >= 4 is 23.4 Å². The molecule has 3 rings (SSSR count). The number of hydrogen-bond donors (Lipinski definition) is 0. The van der Waals surface area contributed by atoms with Crippen molar-refractivity contribution < 1.29 is 14.0 Å². The first kappa shape index (κ1) is 17.5. The minimum absolute atomic E-state index is 0.00897. The molecule has 0 aliphatic carbocycles. The van der Waals surface area contributed by atoms with Gasteiger partial charge >= 0.3 is 0 Å². The first-order valence-corrected chi connectivity index (χ1v) is 8.58. The number of oxazole rings is 1. The summed E-state index contributed by atoms with van der Waals surface area (Å²) < 4.78 is 5.70. The van der Waals surface area contributed by atoms with Crippen LogP contribution in [0.2, 0.25) is 5.02 Å². The number of hydrogen-bond acceptors (Lipinski definition) is 4. The Labute approximate surface area is 151 Å². The molecule has 132 valence electrons. The third kappa shape index (κ3) is 3.85. The number of halogens is 1. The van der Waals surface area contributed by atoms with E-state index in [1.807, 2.05) is 18.2 Å². The number of carbonyl (C=O) groups is 2. The Bertz CT molecular complexity index is 795. The topological polar surface area (TPSA) is 66.7 Å². The Morgan fingerprint density at radius 2 is 1.80 bits per heavy atom. The molecule has 0 N–H and O–H groups in total. The summed E-state index contributed by atoms with van der Waals surface area (Å²) in [4.78, 5) is 31.9. The van der Waals surface area contributed by atoms with E-state index in [9.17, 15) is 9.59 Å². The molecule has 1 aliphatic heterocycles. The largest absolute Gasteiger partial charge is 0.441 e. The molecule has 1 aromatic carbocycles. The molecule has 7 heteroatoms. The van der Waals surface area contributed by atoms with E-state index in [2.05, 4.69) is 4.98 Å². The Morgan fingerprint density at radius 1 is 1.16 bits per heavy atom. The molecule has 0 spiro atoms. The van der Waals surface area contributed by atoms with E-state index in [1.54, 1.807) is 29.7 Å². The van der Waals surface area contributed by atoms with Crippen molar-refractivity contribution in [2.45, 2.75) is 20.3 Å². The van der Waals surface area contributed by atoms with Crippen molar-refractivity contribution in [2.24, 2.45) is 0 Å². The number of piperazine rings is 1. The Balaban J connectivity index is 1.69. The fraction of sp³-hybridized carbons (Fsp3) is 0.389. The number of carbonyl (C=O) groups excluding carboxylic acids is 2. The molecule has 0 unspecified atom stereocenters. The SMILES string of the molecule is CC(=O)N1CCN(C(=O)Cc2nc(-c3ccccc3Cl)oc2C)CC1. The molecule has 25 heavy (non-hydrogen) atoms. The maximum absolute atomic E-state index is 12.5. The van der Waals surface area contributed by atoms with Crippen LogP contribution < -0.4 is 0 Å². The van der Waals surface area contributed by atoms with Gasteiger partial charge in [-0.25, -0.2) is 4.98 Å². The Hall–Kier alpha value is -2.34. The third-order valence-corrected chi connectivity index (χ3v) is 4.72. The van der Waals surface area contributed by atoms with Gasteiger partial charge in [-0.2, -0.15) is 0 Å². The normalized spacial score (nSPS) is 14.7. The monoisotopic (exact) mass is 361 g/mol. The second-order valence-electron chi connectivity index (χ2n) is 6.07. The van der Waals surface area contributed by atoms with Gasteiger partial charge in [-0.15, -0.1) is 0 Å². The molecule has 1 fully saturated rings. The molecular formula is C18H20ClN3O3. The highest BCUT2D eigenvalue weighted by molar-refractivity contribution is 6.33. The molecule has 0 radical (unpaired) electrons. The maximum Gasteiger partial charge on any atom is 0.228 e. The quantitative estimate of drug-likeness (QED) is 0.842. The van der Waals surface area contributed by atoms with Crippen LogP contribution in [-0.4, -0.2) is 52.8 Å². The fourth-order valence-corrected chi connectivity index (χ4v) is 3.08. The Kier molecular flexibility index (Phi) is 5.08. The van der Waals surface area contributed by atoms with E-state index in [1.165, 1.54) is 0 Å². The molecule has 0 saturated carbocycles. The molecule has 0 bridgehead atoms. The van der Waals surface area contributed by atoms with Gasteiger partial charge in [0.05, 0.1) is 22.7 Å². The smallest absolute Gasteiger partial charge is 0.228 e. The van der Waals surface area contributed by atoms with Gasteiger partial charge in [-0.3, -0.25) is 9.59 Å². The Morgan fingerprint density at radius 3 is 2.44 bits per heavy atom. The van der Waals surface area contributed by atoms with Crippen LogP contribution in [0.1, 0.15) is 18.4 Å². The van der Waals surface area contributed by atoms with Gasteiger partial charge in [-0.05, 0) is 19.1 Å². The number of rotatable bonds is 3. The standard InChI is InChI=1S/C18H20ClN3O3/c1-12-16(20-18(25-12)14-5-3-4-6-15(14)19)11-17(24)22-9-7-21(8-10-22)13(2)23/h3-6H,7-11H2,1-2H3. The number of nitrogens with zero attached hydrogens (tertiary/aromatic N) is 3. The molecule has 2 aromatic rings. The summed E-state index contributed by atoms with van der Waals surface area (Å²) in [7, 11) is 0. The first-order valence-electron chi connectivity index (χ1n) is 8.20. The van der Waals surface area contributed by atoms with Gasteiger partial charge in [0, 0.05) is 33.1 Å². The van der Waals surface area contributed by atoms with Crippen molar-refractivity contribution in [3.63, 3.8) is 0 Å². The summed E-state index contributed by atoms with van der Waals surface area (Å²) >= 11 is 6.18. The highest BCUT2D eigenvalue weighted by Gasteiger charge is 2.24. The summed E-state index contributed by atoms with van der Waals surface area (Å²) in [5, 5.41) is 0.557. The van der Waals surface area contributed by atoms with Gasteiger partial charge in [0.25, 0.3) is 0 Å². The summed E-state index contributed by atoms with van der Waals surface area (Å²) in [5.74, 6) is 1.08. The third-order valence-electron chi connectivity index (χ3n) is 4.39. The van der Waals surface area contributed by atoms with Crippen LogP contribution in [0.15, 0.2) is 28.7 Å². The lowest BCUT2D eigenvalue weighted by molar-refractivity contribution is -0.138. The van der Waals surface area contributed by atoms with Gasteiger partial charge in [0.2, 0.25) is 17.7 Å². The van der Waals surface area contributed by atoms with Crippen LogP contribution >= 0.6 is 11.6 Å². The predicted molar refractivity (Wildman–Crippen MR) is 94.2 cm³/mol. The van der Waals surface area contributed by atoms with Crippen molar-refractivity contribution in [1.29, 1.82) is 0 Å². The van der Waals surface area contributed by atoms with Crippen molar-refractivity contribution in [1.82, 2.24) is 14.8 Å². The number of aromatic nitrogens is 1. The lowest BCUT2D eigenvalue weighted by Crippen LogP contribution is -2.50. The molecule has 6 nitrogen and oxygen atoms in total. The van der Waals surface area contributed by atoms with Crippen molar-refractivity contribution in [3.05, 3.63) is 40.7 Å². The minimum atomic E-state index is -0.00897. The van der Waals surface area contributed by atoms with E-state index in [-0.39, 0.29) is 18.2 Å². The fourth-order valence-electron chi connectivity index (χ4n) is 2.87. The zero-order chi connectivity index (χ0) is 18.0. The maximum atomic E-state index is 12.5. The summed E-state index contributed by atoms with van der Waals surface area (Å²) in [5.41, 5.74) is 1.33. The second-order valence-corrected chi connectivity index (χ2v) is 6.47. The highest BCUT2D eigenvalue weighted by atomic mass is 35.5. The summed E-state index contributed by atoms with van der Waals surface area (Å²) in [6.07, 6.45) is 0.180. The van der Waals surface area contributed by atoms with Crippen molar-refractivity contribution in [2.75, 3.05) is 26.2 Å². The molecule has 1 aliphatic rings. The highest BCUT2D eigenvalue weighted by Crippen LogP contribution is 2.28. The molecule has 0 atom stereocenters. The molecule has 1 saturated heterocycles. The predicted octanol–water partition coefficient (Wildman–Crippen LogP) is 2.54. The van der Waals surface area contributed by atoms with Crippen LogP contribution in [0.25, 0.3) is 11.5 Å². The van der Waals surface area contributed by atoms with Crippen LogP contribution in [0, 0.1) is 6.92 Å². The van der Waals surface area contributed by atoms with E-state index < -0.39 is 0 Å². The van der Waals surface area contributed by atoms with Crippen LogP contribution in [0.5, 0.6) is 0 Å². The number of benzene rings is 1. The van der Waals surface area contributed by atoms with Crippen LogP contribution in [-0.2, 0) is 16.0 Å². The molecular weight excluding hydrogens is 342 g/mol. The van der Waals surface area contributed by atoms with Gasteiger partial charge < -0.3 is 14.2 Å². The number of aryl methyl sites for hydroxylation is 1. The number of amides is 2. The average Bonchev–Trinajstić information content (AvgIpc) is 2.95. The average molecular weight is 362 g/mol. The zero-order valence-corrected chi connectivity index (χ0v) is 15.0. The van der Waals surface area contributed by atoms with E-state index >= 15 is 0 Å². The lowest BCUT2D eigenvalue weighted by atomic mass is 10.2. The van der Waals surface area contributed by atoms with Gasteiger partial charge in [-0.1, -0.05) is 23.7 Å². The summed E-state index contributed by atoms with van der Waals surface area (Å²) in [6.45, 7) is 5.59. The van der Waals surface area contributed by atoms with E-state index in [0.29, 0.717) is 54.1 Å². The minimum Gasteiger partial charge on any atom is -0.441 e. The van der Waals surface area contributed by atoms with Crippen LogP contribution in [0.3, 0.4) is 0 Å². The van der Waals surface area contributed by atoms with Gasteiger partial charge in [0.15, 0.2) is 0 Å². The molecule has 2 heterocycles. The molecule has 1 aromatic heterocycles. The van der Waals surface area contributed by atoms with Gasteiger partial charge in [0.1, 0.15) is 5.76 Å². The molecule has 2 amide bonds. The lowest BCUT2D eigenvalue weighted by Gasteiger charge is -2.34. The van der Waals surface area contributed by atoms with E-state index in [4.69, 9.17) is 16.0 Å². The first-order chi connectivity index (χ1) is 12.0. The second kappa shape index (κ2) is 7.27. The zero-order valence-electron chi connectivity index (χ0n) is 14.3.